The van der Waals surface area contributed by atoms with Gasteiger partial charge in [-0.3, -0.25) is 9.59 Å². The SMILES string of the molecule is CC(C)(C)OC(=O)NCC1CCC(C(=O)C[C@@H](Cc2ccc(B3OC(C)(C)C(C)(C)O3)cc2)C(=O)Nc2ccc(-c3nn[nH]n3)cc2)CC1. The lowest BCUT2D eigenvalue weighted by atomic mass is 9.77. The number of aromatic nitrogens is 4. The number of ketones is 1. The van der Waals surface area contributed by atoms with Gasteiger partial charge in [-0.1, -0.05) is 24.3 Å². The van der Waals surface area contributed by atoms with Gasteiger partial charge in [-0.25, -0.2) is 4.79 Å². The van der Waals surface area contributed by atoms with Gasteiger partial charge in [0.15, 0.2) is 0 Å². The van der Waals surface area contributed by atoms with Crippen LogP contribution in [0.4, 0.5) is 10.5 Å². The van der Waals surface area contributed by atoms with Crippen LogP contribution in [0.25, 0.3) is 11.4 Å². The van der Waals surface area contributed by atoms with Gasteiger partial charge in [0.2, 0.25) is 11.7 Å². The van der Waals surface area contributed by atoms with E-state index < -0.39 is 35.9 Å². The Hall–Kier alpha value is -4.10. The number of rotatable bonds is 11. The highest BCUT2D eigenvalue weighted by molar-refractivity contribution is 6.62. The van der Waals surface area contributed by atoms with E-state index in [9.17, 15) is 14.4 Å². The van der Waals surface area contributed by atoms with Crippen molar-refractivity contribution in [2.24, 2.45) is 17.8 Å². The number of Topliss-reactive ketones (excluding diaryl/α,β-unsaturated/α-hetero) is 1. The first kappa shape index (κ1) is 36.2. The van der Waals surface area contributed by atoms with Gasteiger partial charge in [0.25, 0.3) is 0 Å². The zero-order valence-corrected chi connectivity index (χ0v) is 29.7. The van der Waals surface area contributed by atoms with Crippen LogP contribution in [0.3, 0.4) is 0 Å². The van der Waals surface area contributed by atoms with Crippen LogP contribution in [0.15, 0.2) is 48.5 Å². The van der Waals surface area contributed by atoms with Crippen LogP contribution < -0.4 is 16.1 Å². The van der Waals surface area contributed by atoms with Crippen LogP contribution in [0.1, 0.15) is 86.1 Å². The molecule has 1 aliphatic heterocycles. The Morgan fingerprint density at radius 3 is 2.16 bits per heavy atom. The molecule has 0 unspecified atom stereocenters. The summed E-state index contributed by atoms with van der Waals surface area (Å²) in [6, 6.07) is 15.1. The molecule has 5 rings (SSSR count). The van der Waals surface area contributed by atoms with E-state index in [0.717, 1.165) is 42.3 Å². The summed E-state index contributed by atoms with van der Waals surface area (Å²) in [4.78, 5) is 39.6. The van der Waals surface area contributed by atoms with Crippen molar-refractivity contribution >= 4 is 36.1 Å². The van der Waals surface area contributed by atoms with Gasteiger partial charge in [-0.2, -0.15) is 5.21 Å². The van der Waals surface area contributed by atoms with E-state index in [1.54, 1.807) is 12.1 Å². The molecule has 2 fully saturated rings. The summed E-state index contributed by atoms with van der Waals surface area (Å²) in [5.41, 5.74) is 1.78. The quantitative estimate of drug-likeness (QED) is 0.231. The van der Waals surface area contributed by atoms with Gasteiger partial charge in [0.1, 0.15) is 11.4 Å². The van der Waals surface area contributed by atoms with E-state index in [1.807, 2.05) is 84.9 Å². The second-order valence-electron chi connectivity index (χ2n) is 15.3. The van der Waals surface area contributed by atoms with Crippen molar-refractivity contribution in [3.05, 3.63) is 54.1 Å². The van der Waals surface area contributed by atoms with Gasteiger partial charge in [-0.15, -0.1) is 10.2 Å². The second-order valence-corrected chi connectivity index (χ2v) is 15.3. The van der Waals surface area contributed by atoms with Gasteiger partial charge in [0.05, 0.1) is 11.2 Å². The monoisotopic (exact) mass is 672 g/mol. The molecule has 1 aromatic heterocycles. The lowest BCUT2D eigenvalue weighted by Crippen LogP contribution is -2.41. The van der Waals surface area contributed by atoms with Crippen molar-refractivity contribution in [3.8, 4) is 11.4 Å². The van der Waals surface area contributed by atoms with Gasteiger partial charge in [0, 0.05) is 36.1 Å². The number of benzene rings is 2. The predicted molar refractivity (Wildman–Crippen MR) is 187 cm³/mol. The second kappa shape index (κ2) is 14.8. The minimum absolute atomic E-state index is 0.0972. The number of carbonyl (C=O) groups is 3. The molecule has 0 bridgehead atoms. The minimum Gasteiger partial charge on any atom is -0.444 e. The number of nitrogens with zero attached hydrogens (tertiary/aromatic N) is 3. The smallest absolute Gasteiger partial charge is 0.444 e. The summed E-state index contributed by atoms with van der Waals surface area (Å²) >= 11 is 0. The molecule has 2 aliphatic rings. The summed E-state index contributed by atoms with van der Waals surface area (Å²) in [6.07, 6.45) is 3.23. The molecule has 262 valence electrons. The molecular weight excluding hydrogens is 623 g/mol. The van der Waals surface area contributed by atoms with Crippen molar-refractivity contribution in [1.29, 1.82) is 0 Å². The third kappa shape index (κ3) is 9.54. The molecule has 1 saturated heterocycles. The average Bonchev–Trinajstić information content (AvgIpc) is 3.65. The number of hydrogen-bond donors (Lipinski definition) is 3. The standard InChI is InChI=1S/C36H49BN6O6/c1-34(2,3)47-33(46)38-22-24-8-12-25(13-9-24)30(44)21-27(32(45)39-29-18-14-26(15-19-29)31-40-42-43-41-31)20-23-10-16-28(17-11-23)37-48-35(4,5)36(6,7)49-37/h10-11,14-19,24-25,27H,8-9,12-13,20-22H2,1-7H3,(H,38,46)(H,39,45)(H,40,41,42,43)/t24?,25?,27-/m1/s1. The number of amides is 2. The number of aromatic amines is 1. The molecule has 12 nitrogen and oxygen atoms in total. The average molecular weight is 673 g/mol. The molecule has 0 spiro atoms. The Balaban J connectivity index is 1.23. The fourth-order valence-electron chi connectivity index (χ4n) is 6.20. The van der Waals surface area contributed by atoms with Crippen LogP contribution >= 0.6 is 0 Å². The number of hydrogen-bond acceptors (Lipinski definition) is 9. The first-order chi connectivity index (χ1) is 23.1. The number of tetrazole rings is 1. The predicted octanol–water partition coefficient (Wildman–Crippen LogP) is 5.25. The Labute approximate surface area is 289 Å². The van der Waals surface area contributed by atoms with Crippen molar-refractivity contribution in [2.75, 3.05) is 11.9 Å². The normalized spacial score (nSPS) is 20.8. The zero-order chi connectivity index (χ0) is 35.4. The molecular formula is C36H49BN6O6. The summed E-state index contributed by atoms with van der Waals surface area (Å²) < 4.78 is 17.8. The van der Waals surface area contributed by atoms with Crippen molar-refractivity contribution in [2.45, 2.75) is 104 Å². The Morgan fingerprint density at radius 1 is 0.959 bits per heavy atom. The lowest BCUT2D eigenvalue weighted by molar-refractivity contribution is -0.129. The first-order valence-corrected chi connectivity index (χ1v) is 17.2. The maximum Gasteiger partial charge on any atom is 0.494 e. The van der Waals surface area contributed by atoms with E-state index in [2.05, 4.69) is 31.3 Å². The topological polar surface area (TPSA) is 157 Å². The van der Waals surface area contributed by atoms with E-state index >= 15 is 0 Å². The number of anilines is 1. The molecule has 3 aromatic rings. The third-order valence-electron chi connectivity index (χ3n) is 9.80. The molecule has 3 N–H and O–H groups in total. The van der Waals surface area contributed by atoms with Crippen LogP contribution in [-0.4, -0.2) is 68.9 Å². The number of H-pyrrole nitrogens is 1. The number of nitrogens with one attached hydrogen (secondary N) is 3. The fourth-order valence-corrected chi connectivity index (χ4v) is 6.20. The van der Waals surface area contributed by atoms with Crippen molar-refractivity contribution in [3.63, 3.8) is 0 Å². The maximum absolute atomic E-state index is 13.8. The molecule has 49 heavy (non-hydrogen) atoms. The zero-order valence-electron chi connectivity index (χ0n) is 29.7. The molecule has 2 amide bonds. The maximum atomic E-state index is 13.8. The Kier molecular flexibility index (Phi) is 10.9. The molecule has 1 aliphatic carbocycles. The number of carbonyl (C=O) groups excluding carboxylic acids is 3. The largest absolute Gasteiger partial charge is 0.494 e. The number of alkyl carbamates (subject to hydrolysis) is 1. The van der Waals surface area contributed by atoms with E-state index in [-0.39, 0.29) is 29.9 Å². The summed E-state index contributed by atoms with van der Waals surface area (Å²) in [7, 11) is -0.482. The molecule has 13 heteroatoms. The molecule has 1 atom stereocenters. The van der Waals surface area contributed by atoms with Crippen LogP contribution in [-0.2, 0) is 30.1 Å². The third-order valence-corrected chi connectivity index (χ3v) is 9.80. The summed E-state index contributed by atoms with van der Waals surface area (Å²) in [5, 5.41) is 19.9. The highest BCUT2D eigenvalue weighted by Gasteiger charge is 2.51. The summed E-state index contributed by atoms with van der Waals surface area (Å²) in [5.74, 6) is -0.0631. The minimum atomic E-state index is -0.571. The van der Waals surface area contributed by atoms with Gasteiger partial charge >= 0.3 is 13.2 Å². The van der Waals surface area contributed by atoms with E-state index in [1.165, 1.54) is 0 Å². The van der Waals surface area contributed by atoms with Crippen molar-refractivity contribution < 1.29 is 28.4 Å². The molecule has 2 aromatic carbocycles. The van der Waals surface area contributed by atoms with Crippen LogP contribution in [0, 0.1) is 17.8 Å². The Morgan fingerprint density at radius 2 is 1.59 bits per heavy atom. The Bertz CT molecular complexity index is 1560. The molecule has 1 saturated carbocycles. The molecule has 2 heterocycles. The van der Waals surface area contributed by atoms with Crippen LogP contribution in [0.2, 0.25) is 0 Å². The van der Waals surface area contributed by atoms with Crippen LogP contribution in [0.5, 0.6) is 0 Å². The lowest BCUT2D eigenvalue weighted by Gasteiger charge is -2.32. The summed E-state index contributed by atoms with van der Waals surface area (Å²) in [6.45, 7) is 14.1. The van der Waals surface area contributed by atoms with E-state index in [0.29, 0.717) is 24.5 Å². The molecule has 0 radical (unpaired) electrons. The highest BCUT2D eigenvalue weighted by Crippen LogP contribution is 2.36. The van der Waals surface area contributed by atoms with E-state index in [4.69, 9.17) is 14.0 Å². The van der Waals surface area contributed by atoms with Gasteiger partial charge in [-0.05, 0) is 127 Å². The first-order valence-electron chi connectivity index (χ1n) is 17.2. The van der Waals surface area contributed by atoms with Gasteiger partial charge < -0.3 is 24.7 Å². The highest BCUT2D eigenvalue weighted by atomic mass is 16.7. The fraction of sp³-hybridized carbons (Fsp3) is 0.556. The van der Waals surface area contributed by atoms with Crippen molar-refractivity contribution in [1.82, 2.24) is 25.9 Å². The number of ether oxygens (including phenoxy) is 1.